The number of aromatic nitrogens is 1. The van der Waals surface area contributed by atoms with Crippen molar-refractivity contribution in [1.29, 1.82) is 0 Å². The molecule has 1 aromatic heterocycles. The first kappa shape index (κ1) is 14.2. The number of hydrogen-bond acceptors (Lipinski definition) is 4. The van der Waals surface area contributed by atoms with Gasteiger partial charge in [0.15, 0.2) is 0 Å². The Hall–Kier alpha value is -2.18. The molecule has 20 heavy (non-hydrogen) atoms. The zero-order valence-corrected chi connectivity index (χ0v) is 11.6. The highest BCUT2D eigenvalue weighted by Gasteiger charge is 2.05. The van der Waals surface area contributed by atoms with Gasteiger partial charge in [-0.2, -0.15) is 0 Å². The molecular weight excluding hydrogens is 254 g/mol. The highest BCUT2D eigenvalue weighted by molar-refractivity contribution is 6.02. The van der Waals surface area contributed by atoms with E-state index in [1.807, 2.05) is 37.4 Å². The molecule has 1 unspecified atom stereocenters. The molecule has 0 aliphatic carbocycles. The fraction of sp³-hybridized carbons (Fsp3) is 0.286. The number of nitrogens with zero attached hydrogens (tertiary/aromatic N) is 2. The molecule has 0 bridgehead atoms. The molecule has 0 aliphatic heterocycles. The fourth-order valence-corrected chi connectivity index (χ4v) is 1.95. The van der Waals surface area contributed by atoms with Crippen LogP contribution in [0.5, 0.6) is 0 Å². The number of hydrazine groups is 1. The van der Waals surface area contributed by atoms with E-state index in [9.17, 15) is 0 Å². The van der Waals surface area contributed by atoms with Gasteiger partial charge < -0.3 is 10.1 Å². The maximum atomic E-state index is 5.51. The van der Waals surface area contributed by atoms with Crippen LogP contribution in [0.1, 0.15) is 6.92 Å². The van der Waals surface area contributed by atoms with Gasteiger partial charge in [-0.15, -0.1) is 0 Å². The van der Waals surface area contributed by atoms with Crippen LogP contribution in [-0.4, -0.2) is 30.7 Å². The second kappa shape index (κ2) is 6.83. The van der Waals surface area contributed by atoms with Crippen molar-refractivity contribution < 1.29 is 4.74 Å². The van der Waals surface area contributed by atoms with Gasteiger partial charge in [0.25, 0.3) is 0 Å². The third kappa shape index (κ3) is 3.43. The standard InChI is InChI=1S/C14H19N5O/c1-10(9-20-2)17-14(19-15)18-13-5-3-4-11-6-7-16-8-12(11)13/h3-8,10H,9,15H2,1-2H3,(H2,17,18,19). The Morgan fingerprint density at radius 2 is 2.30 bits per heavy atom. The first-order valence-electron chi connectivity index (χ1n) is 6.37. The summed E-state index contributed by atoms with van der Waals surface area (Å²) in [5, 5.41) is 5.29. The van der Waals surface area contributed by atoms with Crippen LogP contribution in [0, 0.1) is 0 Å². The van der Waals surface area contributed by atoms with Gasteiger partial charge in [0.2, 0.25) is 5.96 Å². The first-order chi connectivity index (χ1) is 9.74. The van der Waals surface area contributed by atoms with Gasteiger partial charge in [-0.3, -0.25) is 10.4 Å². The molecule has 2 rings (SSSR count). The third-order valence-electron chi connectivity index (χ3n) is 2.83. The molecule has 0 spiro atoms. The van der Waals surface area contributed by atoms with Gasteiger partial charge in [0, 0.05) is 24.9 Å². The summed E-state index contributed by atoms with van der Waals surface area (Å²) >= 11 is 0. The quantitative estimate of drug-likeness (QED) is 0.340. The van der Waals surface area contributed by atoms with Crippen molar-refractivity contribution in [1.82, 2.24) is 10.4 Å². The average molecular weight is 273 g/mol. The lowest BCUT2D eigenvalue weighted by molar-refractivity contribution is 0.185. The maximum absolute atomic E-state index is 5.51. The molecule has 2 aromatic rings. The summed E-state index contributed by atoms with van der Waals surface area (Å²) in [5.74, 6) is 6.00. The zero-order chi connectivity index (χ0) is 14.4. The van der Waals surface area contributed by atoms with Gasteiger partial charge in [-0.1, -0.05) is 12.1 Å². The summed E-state index contributed by atoms with van der Waals surface area (Å²) in [5.41, 5.74) is 3.47. The van der Waals surface area contributed by atoms with Gasteiger partial charge in [-0.25, -0.2) is 10.8 Å². The lowest BCUT2D eigenvalue weighted by Crippen LogP contribution is -2.37. The molecule has 6 nitrogen and oxygen atoms in total. The highest BCUT2D eigenvalue weighted by atomic mass is 16.5. The monoisotopic (exact) mass is 273 g/mol. The van der Waals surface area contributed by atoms with Crippen LogP contribution in [-0.2, 0) is 4.74 Å². The number of guanidine groups is 1. The van der Waals surface area contributed by atoms with Crippen LogP contribution in [0.15, 0.2) is 41.7 Å². The summed E-state index contributed by atoms with van der Waals surface area (Å²) in [7, 11) is 1.64. The van der Waals surface area contributed by atoms with E-state index in [2.05, 4.69) is 20.7 Å². The number of benzene rings is 1. The molecule has 1 aromatic carbocycles. The van der Waals surface area contributed by atoms with Gasteiger partial charge in [-0.05, 0) is 24.4 Å². The Morgan fingerprint density at radius 1 is 1.45 bits per heavy atom. The van der Waals surface area contributed by atoms with E-state index < -0.39 is 0 Å². The smallest absolute Gasteiger partial charge is 0.210 e. The molecule has 0 fully saturated rings. The summed E-state index contributed by atoms with van der Waals surface area (Å²) in [6, 6.07) is 7.92. The van der Waals surface area contributed by atoms with Crippen LogP contribution < -0.4 is 16.6 Å². The number of ether oxygens (including phenoxy) is 1. The average Bonchev–Trinajstić information content (AvgIpc) is 2.47. The highest BCUT2D eigenvalue weighted by Crippen LogP contribution is 2.21. The molecule has 0 radical (unpaired) electrons. The summed E-state index contributed by atoms with van der Waals surface area (Å²) in [6.45, 7) is 2.48. The minimum Gasteiger partial charge on any atom is -0.382 e. The van der Waals surface area contributed by atoms with E-state index in [1.165, 1.54) is 0 Å². The Bertz CT molecular complexity index is 594. The minimum absolute atomic E-state index is 0.00616. The molecule has 1 heterocycles. The van der Waals surface area contributed by atoms with Crippen LogP contribution in [0.3, 0.4) is 0 Å². The number of rotatable bonds is 4. The largest absolute Gasteiger partial charge is 0.382 e. The van der Waals surface area contributed by atoms with Crippen molar-refractivity contribution in [3.05, 3.63) is 36.7 Å². The van der Waals surface area contributed by atoms with Gasteiger partial charge in [0.05, 0.1) is 18.3 Å². The molecule has 0 amide bonds. The molecular formula is C14H19N5O. The van der Waals surface area contributed by atoms with Crippen LogP contribution in [0.4, 0.5) is 5.69 Å². The Morgan fingerprint density at radius 3 is 3.05 bits per heavy atom. The van der Waals surface area contributed by atoms with Crippen molar-refractivity contribution in [2.45, 2.75) is 13.0 Å². The number of hydrogen-bond donors (Lipinski definition) is 3. The van der Waals surface area contributed by atoms with E-state index in [1.54, 1.807) is 13.3 Å². The van der Waals surface area contributed by atoms with Crippen molar-refractivity contribution in [2.24, 2.45) is 10.8 Å². The normalized spacial score (nSPS) is 13.2. The number of anilines is 1. The number of aliphatic imine (C=N–C) groups is 1. The summed E-state index contributed by atoms with van der Waals surface area (Å²) in [6.07, 6.45) is 3.58. The lowest BCUT2D eigenvalue weighted by atomic mass is 10.1. The van der Waals surface area contributed by atoms with Crippen molar-refractivity contribution in [3.63, 3.8) is 0 Å². The van der Waals surface area contributed by atoms with E-state index in [0.717, 1.165) is 16.5 Å². The molecule has 0 aliphatic rings. The number of nitrogens with one attached hydrogen (secondary N) is 2. The Kier molecular flexibility index (Phi) is 4.86. The second-order valence-corrected chi connectivity index (χ2v) is 4.45. The topological polar surface area (TPSA) is 84.6 Å². The Balaban J connectivity index is 2.26. The minimum atomic E-state index is 0.00616. The molecule has 0 saturated carbocycles. The molecule has 106 valence electrons. The number of fused-ring (bicyclic) bond motifs is 1. The third-order valence-corrected chi connectivity index (χ3v) is 2.83. The van der Waals surface area contributed by atoms with Crippen LogP contribution >= 0.6 is 0 Å². The number of pyridine rings is 1. The molecule has 6 heteroatoms. The van der Waals surface area contributed by atoms with Crippen molar-refractivity contribution >= 4 is 22.4 Å². The predicted octanol–water partition coefficient (Wildman–Crippen LogP) is 1.50. The van der Waals surface area contributed by atoms with E-state index in [4.69, 9.17) is 10.6 Å². The van der Waals surface area contributed by atoms with Crippen LogP contribution in [0.25, 0.3) is 10.8 Å². The molecule has 0 saturated heterocycles. The summed E-state index contributed by atoms with van der Waals surface area (Å²) in [4.78, 5) is 8.56. The second-order valence-electron chi connectivity index (χ2n) is 4.45. The SMILES string of the molecule is COCC(C)N=C(NN)Nc1cccc2ccncc12. The zero-order valence-electron chi connectivity index (χ0n) is 11.6. The number of methoxy groups -OCH3 is 1. The van der Waals surface area contributed by atoms with E-state index >= 15 is 0 Å². The van der Waals surface area contributed by atoms with Gasteiger partial charge >= 0.3 is 0 Å². The predicted molar refractivity (Wildman–Crippen MR) is 81.5 cm³/mol. The molecule has 1 atom stereocenters. The number of nitrogens with two attached hydrogens (primary N) is 1. The summed E-state index contributed by atoms with van der Waals surface area (Å²) < 4.78 is 5.06. The Labute approximate surface area is 118 Å². The lowest BCUT2D eigenvalue weighted by Gasteiger charge is -2.13. The first-order valence-corrected chi connectivity index (χ1v) is 6.37. The maximum Gasteiger partial charge on any atom is 0.210 e. The van der Waals surface area contributed by atoms with Crippen molar-refractivity contribution in [3.8, 4) is 0 Å². The fourth-order valence-electron chi connectivity index (χ4n) is 1.95. The van der Waals surface area contributed by atoms with Crippen molar-refractivity contribution in [2.75, 3.05) is 19.0 Å². The van der Waals surface area contributed by atoms with E-state index in [0.29, 0.717) is 12.6 Å². The van der Waals surface area contributed by atoms with E-state index in [-0.39, 0.29) is 6.04 Å². The van der Waals surface area contributed by atoms with Gasteiger partial charge in [0.1, 0.15) is 0 Å². The van der Waals surface area contributed by atoms with Crippen LogP contribution in [0.2, 0.25) is 0 Å². The molecule has 4 N–H and O–H groups in total.